The summed E-state index contributed by atoms with van der Waals surface area (Å²) in [5, 5.41) is 11.7. The van der Waals surface area contributed by atoms with Crippen molar-refractivity contribution >= 4 is 11.9 Å². The van der Waals surface area contributed by atoms with Crippen molar-refractivity contribution in [2.24, 2.45) is 5.92 Å². The first kappa shape index (κ1) is 18.8. The molecule has 0 bridgehead atoms. The van der Waals surface area contributed by atoms with Crippen molar-refractivity contribution < 1.29 is 24.2 Å². The molecule has 1 amide bonds. The van der Waals surface area contributed by atoms with Crippen LogP contribution in [0.3, 0.4) is 0 Å². The Kier molecular flexibility index (Phi) is 7.94. The summed E-state index contributed by atoms with van der Waals surface area (Å²) >= 11 is 0. The SMILES string of the molecule is CCCC(CNC(=O)CCc1ccc(OC)c(OC)c1)C(=O)O. The minimum Gasteiger partial charge on any atom is -0.493 e. The van der Waals surface area contributed by atoms with Crippen LogP contribution in [0.4, 0.5) is 0 Å². The van der Waals surface area contributed by atoms with E-state index in [1.165, 1.54) is 0 Å². The van der Waals surface area contributed by atoms with E-state index in [0.717, 1.165) is 12.0 Å². The molecule has 1 rings (SSSR count). The number of hydrogen-bond acceptors (Lipinski definition) is 4. The van der Waals surface area contributed by atoms with Gasteiger partial charge in [0.15, 0.2) is 11.5 Å². The number of ether oxygens (including phenoxy) is 2. The molecule has 0 spiro atoms. The number of carboxylic acid groups (broad SMARTS) is 1. The second-order valence-corrected chi connectivity index (χ2v) is 5.32. The molecule has 0 aliphatic carbocycles. The number of aliphatic carboxylic acids is 1. The van der Waals surface area contributed by atoms with Gasteiger partial charge in [0, 0.05) is 13.0 Å². The van der Waals surface area contributed by atoms with Crippen molar-refractivity contribution in [2.45, 2.75) is 32.6 Å². The van der Waals surface area contributed by atoms with E-state index in [4.69, 9.17) is 14.6 Å². The van der Waals surface area contributed by atoms with Gasteiger partial charge in [-0.1, -0.05) is 19.4 Å². The highest BCUT2D eigenvalue weighted by molar-refractivity contribution is 5.77. The number of nitrogens with one attached hydrogen (secondary N) is 1. The molecule has 0 aliphatic rings. The average Bonchev–Trinajstić information content (AvgIpc) is 2.55. The van der Waals surface area contributed by atoms with Gasteiger partial charge in [0.05, 0.1) is 20.1 Å². The van der Waals surface area contributed by atoms with E-state index in [9.17, 15) is 9.59 Å². The molecule has 6 nitrogen and oxygen atoms in total. The normalized spacial score (nSPS) is 11.6. The molecule has 0 heterocycles. The standard InChI is InChI=1S/C17H25NO5/c1-4-5-13(17(20)21)11-18-16(19)9-7-12-6-8-14(22-2)15(10-12)23-3/h6,8,10,13H,4-5,7,9,11H2,1-3H3,(H,18,19)(H,20,21). The summed E-state index contributed by atoms with van der Waals surface area (Å²) in [6.45, 7) is 2.10. The van der Waals surface area contributed by atoms with Crippen molar-refractivity contribution in [1.82, 2.24) is 5.32 Å². The van der Waals surface area contributed by atoms with Gasteiger partial charge in [-0.2, -0.15) is 0 Å². The van der Waals surface area contributed by atoms with Crippen LogP contribution >= 0.6 is 0 Å². The van der Waals surface area contributed by atoms with E-state index in [-0.39, 0.29) is 12.5 Å². The third kappa shape index (κ3) is 6.18. The summed E-state index contributed by atoms with van der Waals surface area (Å²) in [5.74, 6) is -0.275. The first-order valence-corrected chi connectivity index (χ1v) is 7.72. The first-order chi connectivity index (χ1) is 11.0. The molecule has 1 atom stereocenters. The highest BCUT2D eigenvalue weighted by Crippen LogP contribution is 2.27. The van der Waals surface area contributed by atoms with Gasteiger partial charge < -0.3 is 19.9 Å². The summed E-state index contributed by atoms with van der Waals surface area (Å²) in [7, 11) is 3.13. The molecule has 0 fully saturated rings. The maximum atomic E-state index is 11.9. The Bertz CT molecular complexity index is 530. The highest BCUT2D eigenvalue weighted by Gasteiger charge is 2.17. The molecular formula is C17H25NO5. The summed E-state index contributed by atoms with van der Waals surface area (Å²) in [6.07, 6.45) is 2.19. The Morgan fingerprint density at radius 1 is 1.22 bits per heavy atom. The average molecular weight is 323 g/mol. The second-order valence-electron chi connectivity index (χ2n) is 5.32. The fourth-order valence-electron chi connectivity index (χ4n) is 2.28. The molecule has 0 aliphatic heterocycles. The minimum absolute atomic E-state index is 0.151. The molecule has 6 heteroatoms. The van der Waals surface area contributed by atoms with Crippen LogP contribution in [0.1, 0.15) is 31.7 Å². The molecule has 0 saturated heterocycles. The molecular weight excluding hydrogens is 298 g/mol. The van der Waals surface area contributed by atoms with E-state index in [2.05, 4.69) is 5.32 Å². The molecule has 2 N–H and O–H groups in total. The Morgan fingerprint density at radius 2 is 1.91 bits per heavy atom. The lowest BCUT2D eigenvalue weighted by Gasteiger charge is -2.13. The van der Waals surface area contributed by atoms with Crippen LogP contribution in [0.15, 0.2) is 18.2 Å². The third-order valence-electron chi connectivity index (χ3n) is 3.62. The molecule has 1 aromatic carbocycles. The van der Waals surface area contributed by atoms with Gasteiger partial charge in [-0.15, -0.1) is 0 Å². The zero-order valence-electron chi connectivity index (χ0n) is 13.9. The molecule has 128 valence electrons. The summed E-state index contributed by atoms with van der Waals surface area (Å²) < 4.78 is 10.4. The number of carbonyl (C=O) groups excluding carboxylic acids is 1. The third-order valence-corrected chi connectivity index (χ3v) is 3.62. The lowest BCUT2D eigenvalue weighted by Crippen LogP contribution is -2.33. The maximum absolute atomic E-state index is 11.9. The number of hydrogen-bond donors (Lipinski definition) is 2. The Morgan fingerprint density at radius 3 is 2.48 bits per heavy atom. The molecule has 1 unspecified atom stereocenters. The minimum atomic E-state index is -0.868. The molecule has 0 aromatic heterocycles. The van der Waals surface area contributed by atoms with E-state index in [0.29, 0.717) is 30.8 Å². The molecule has 23 heavy (non-hydrogen) atoms. The fourth-order valence-corrected chi connectivity index (χ4v) is 2.28. The van der Waals surface area contributed by atoms with E-state index in [1.54, 1.807) is 20.3 Å². The molecule has 0 saturated carbocycles. The van der Waals surface area contributed by atoms with Crippen molar-refractivity contribution in [2.75, 3.05) is 20.8 Å². The van der Waals surface area contributed by atoms with Gasteiger partial charge in [0.2, 0.25) is 5.91 Å². The highest BCUT2D eigenvalue weighted by atomic mass is 16.5. The van der Waals surface area contributed by atoms with Crippen LogP contribution in [-0.2, 0) is 16.0 Å². The number of methoxy groups -OCH3 is 2. The number of benzene rings is 1. The largest absolute Gasteiger partial charge is 0.493 e. The zero-order valence-corrected chi connectivity index (χ0v) is 13.9. The van der Waals surface area contributed by atoms with E-state index in [1.807, 2.05) is 19.1 Å². The lowest BCUT2D eigenvalue weighted by atomic mass is 10.0. The van der Waals surface area contributed by atoms with Gasteiger partial charge in [0.25, 0.3) is 0 Å². The predicted octanol–water partition coefficient (Wildman–Crippen LogP) is 2.25. The topological polar surface area (TPSA) is 84.9 Å². The van der Waals surface area contributed by atoms with Crippen molar-refractivity contribution in [3.8, 4) is 11.5 Å². The maximum Gasteiger partial charge on any atom is 0.308 e. The number of carbonyl (C=O) groups is 2. The van der Waals surface area contributed by atoms with Crippen molar-refractivity contribution in [1.29, 1.82) is 0 Å². The Balaban J connectivity index is 2.48. The van der Waals surface area contributed by atoms with Gasteiger partial charge in [0.1, 0.15) is 0 Å². The number of carboxylic acids is 1. The van der Waals surface area contributed by atoms with Crippen molar-refractivity contribution in [3.63, 3.8) is 0 Å². The van der Waals surface area contributed by atoms with Crippen LogP contribution in [0.5, 0.6) is 11.5 Å². The summed E-state index contributed by atoms with van der Waals surface area (Å²) in [5.41, 5.74) is 0.959. The quantitative estimate of drug-likeness (QED) is 0.690. The fraction of sp³-hybridized carbons (Fsp3) is 0.529. The Labute approximate surface area is 136 Å². The van der Waals surface area contributed by atoms with Crippen molar-refractivity contribution in [3.05, 3.63) is 23.8 Å². The van der Waals surface area contributed by atoms with Crippen LogP contribution in [0, 0.1) is 5.92 Å². The predicted molar refractivity (Wildman–Crippen MR) is 86.9 cm³/mol. The van der Waals surface area contributed by atoms with Gasteiger partial charge in [-0.3, -0.25) is 9.59 Å². The zero-order chi connectivity index (χ0) is 17.2. The number of rotatable bonds is 10. The van der Waals surface area contributed by atoms with Crippen LogP contribution in [-0.4, -0.2) is 37.7 Å². The molecule has 0 radical (unpaired) electrons. The monoisotopic (exact) mass is 323 g/mol. The summed E-state index contributed by atoms with van der Waals surface area (Å²) in [4.78, 5) is 22.9. The van der Waals surface area contributed by atoms with Crippen LogP contribution in [0.2, 0.25) is 0 Å². The first-order valence-electron chi connectivity index (χ1n) is 7.72. The lowest BCUT2D eigenvalue weighted by molar-refractivity contribution is -0.141. The van der Waals surface area contributed by atoms with Gasteiger partial charge >= 0.3 is 5.97 Å². The summed E-state index contributed by atoms with van der Waals surface area (Å²) in [6, 6.07) is 5.52. The van der Waals surface area contributed by atoms with Gasteiger partial charge in [-0.05, 0) is 30.5 Å². The van der Waals surface area contributed by atoms with E-state index < -0.39 is 11.9 Å². The van der Waals surface area contributed by atoms with Gasteiger partial charge in [-0.25, -0.2) is 0 Å². The Hall–Kier alpha value is -2.24. The number of aryl methyl sites for hydroxylation is 1. The van der Waals surface area contributed by atoms with Crippen LogP contribution < -0.4 is 14.8 Å². The molecule has 1 aromatic rings. The van der Waals surface area contributed by atoms with Crippen LogP contribution in [0.25, 0.3) is 0 Å². The van der Waals surface area contributed by atoms with E-state index >= 15 is 0 Å². The smallest absolute Gasteiger partial charge is 0.308 e. The number of amides is 1. The second kappa shape index (κ2) is 9.71.